The summed E-state index contributed by atoms with van der Waals surface area (Å²) in [6, 6.07) is 5.51. The van der Waals surface area contributed by atoms with Crippen molar-refractivity contribution in [1.29, 1.82) is 0 Å². The van der Waals surface area contributed by atoms with Gasteiger partial charge < -0.3 is 20.5 Å². The number of rotatable bonds is 1. The summed E-state index contributed by atoms with van der Waals surface area (Å²) in [6.07, 6.45) is 0. The van der Waals surface area contributed by atoms with Crippen molar-refractivity contribution in [2.24, 2.45) is 5.73 Å². The minimum absolute atomic E-state index is 0.0135. The molecule has 0 radical (unpaired) electrons. The number of hydrogen-bond donors (Lipinski definition) is 2. The Bertz CT molecular complexity index is 458. The molecule has 5 heteroatoms. The maximum absolute atomic E-state index is 9.55. The zero-order valence-electron chi connectivity index (χ0n) is 11.2. The van der Waals surface area contributed by atoms with E-state index >= 15 is 0 Å². The van der Waals surface area contributed by atoms with Gasteiger partial charge in [-0.2, -0.15) is 0 Å². The van der Waals surface area contributed by atoms with Gasteiger partial charge in [0.25, 0.3) is 0 Å². The summed E-state index contributed by atoms with van der Waals surface area (Å²) in [5.74, 6) is 1.01. The van der Waals surface area contributed by atoms with Crippen LogP contribution in [0.15, 0.2) is 18.2 Å². The molecular weight excluding hydrogens is 242 g/mol. The number of phenols is 1. The lowest BCUT2D eigenvalue weighted by Crippen LogP contribution is -2.53. The third-order valence-electron chi connectivity index (χ3n) is 4.08. The van der Waals surface area contributed by atoms with Crippen molar-refractivity contribution < 1.29 is 9.84 Å². The largest absolute Gasteiger partial charge is 0.508 e. The molecule has 0 bridgehead atoms. The van der Waals surface area contributed by atoms with Crippen molar-refractivity contribution in [3.05, 3.63) is 23.8 Å². The quantitative estimate of drug-likeness (QED) is 0.768. The number of fused-ring (bicyclic) bond motifs is 1. The zero-order chi connectivity index (χ0) is 13.4. The number of aromatic hydroxyl groups is 1. The molecule has 1 fully saturated rings. The van der Waals surface area contributed by atoms with Crippen LogP contribution in [-0.2, 0) is 0 Å². The van der Waals surface area contributed by atoms with E-state index in [1.807, 2.05) is 6.07 Å². The minimum atomic E-state index is -0.0135. The molecule has 104 valence electrons. The number of nitrogens with two attached hydrogens (primary N) is 1. The van der Waals surface area contributed by atoms with Crippen molar-refractivity contribution in [2.75, 3.05) is 39.8 Å². The van der Waals surface area contributed by atoms with E-state index in [1.54, 1.807) is 12.1 Å². The lowest BCUT2D eigenvalue weighted by Gasteiger charge is -2.43. The van der Waals surface area contributed by atoms with Crippen LogP contribution in [0.3, 0.4) is 0 Å². The predicted octanol–water partition coefficient (Wildman–Crippen LogP) is 0.400. The molecule has 1 aromatic rings. The van der Waals surface area contributed by atoms with Crippen LogP contribution in [0.4, 0.5) is 0 Å². The van der Waals surface area contributed by atoms with Crippen LogP contribution in [0.1, 0.15) is 11.6 Å². The Labute approximate surface area is 113 Å². The normalized spacial score (nSPS) is 28.7. The Kier molecular flexibility index (Phi) is 3.35. The summed E-state index contributed by atoms with van der Waals surface area (Å²) in [6.45, 7) is 4.69. The number of hydrogen-bond acceptors (Lipinski definition) is 5. The monoisotopic (exact) mass is 263 g/mol. The van der Waals surface area contributed by atoms with E-state index in [9.17, 15) is 5.11 Å². The maximum atomic E-state index is 9.55. The van der Waals surface area contributed by atoms with E-state index in [0.29, 0.717) is 6.61 Å². The Balaban J connectivity index is 1.88. The molecule has 5 nitrogen and oxygen atoms in total. The molecule has 3 N–H and O–H groups in total. The molecule has 2 atom stereocenters. The summed E-state index contributed by atoms with van der Waals surface area (Å²) in [7, 11) is 2.15. The maximum Gasteiger partial charge on any atom is 0.127 e. The highest BCUT2D eigenvalue weighted by molar-refractivity contribution is 5.44. The second-order valence-electron chi connectivity index (χ2n) is 5.48. The molecule has 0 spiro atoms. The predicted molar refractivity (Wildman–Crippen MR) is 73.4 cm³/mol. The first-order chi connectivity index (χ1) is 9.15. The third kappa shape index (κ3) is 2.41. The number of piperazine rings is 1. The van der Waals surface area contributed by atoms with Crippen molar-refractivity contribution in [3.63, 3.8) is 0 Å². The van der Waals surface area contributed by atoms with Crippen LogP contribution in [0.5, 0.6) is 11.5 Å². The second-order valence-corrected chi connectivity index (χ2v) is 5.48. The molecule has 0 amide bonds. The number of benzene rings is 1. The first-order valence-electron chi connectivity index (χ1n) is 6.79. The molecular formula is C14H21N3O2. The number of ether oxygens (including phenoxy) is 1. The van der Waals surface area contributed by atoms with Crippen molar-refractivity contribution >= 4 is 0 Å². The van der Waals surface area contributed by atoms with Gasteiger partial charge in [-0.1, -0.05) is 6.07 Å². The van der Waals surface area contributed by atoms with E-state index < -0.39 is 0 Å². The van der Waals surface area contributed by atoms with Crippen LogP contribution in [0.25, 0.3) is 0 Å². The van der Waals surface area contributed by atoms with Crippen LogP contribution in [0, 0.1) is 0 Å². The topological polar surface area (TPSA) is 62.0 Å². The molecule has 0 aliphatic carbocycles. The van der Waals surface area contributed by atoms with E-state index in [4.69, 9.17) is 10.5 Å². The summed E-state index contributed by atoms with van der Waals surface area (Å²) < 4.78 is 5.64. The van der Waals surface area contributed by atoms with Gasteiger partial charge in [0, 0.05) is 37.8 Å². The molecule has 2 aliphatic heterocycles. The Morgan fingerprint density at radius 2 is 2.00 bits per heavy atom. The Hall–Kier alpha value is -1.30. The summed E-state index contributed by atoms with van der Waals surface area (Å²) in [5.41, 5.74) is 7.35. The standard InChI is InChI=1S/C14H21N3O2/c1-16-4-6-17(7-5-16)14-11-3-2-10(18)8-13(11)19-9-12(14)15/h2-3,8,12,14,18H,4-7,9,15H2,1H3. The fraction of sp³-hybridized carbons (Fsp3) is 0.571. The van der Waals surface area contributed by atoms with Crippen molar-refractivity contribution in [1.82, 2.24) is 9.80 Å². The van der Waals surface area contributed by atoms with Crippen LogP contribution in [-0.4, -0.2) is 60.8 Å². The van der Waals surface area contributed by atoms with Crippen molar-refractivity contribution in [2.45, 2.75) is 12.1 Å². The molecule has 1 saturated heterocycles. The van der Waals surface area contributed by atoms with Gasteiger partial charge in [0.15, 0.2) is 0 Å². The van der Waals surface area contributed by atoms with Crippen LogP contribution in [0.2, 0.25) is 0 Å². The summed E-state index contributed by atoms with van der Waals surface area (Å²) in [5, 5.41) is 9.55. The van der Waals surface area contributed by atoms with Gasteiger partial charge >= 0.3 is 0 Å². The lowest BCUT2D eigenvalue weighted by atomic mass is 9.94. The van der Waals surface area contributed by atoms with Gasteiger partial charge in [0.1, 0.15) is 18.1 Å². The molecule has 3 rings (SSSR count). The third-order valence-corrected chi connectivity index (χ3v) is 4.08. The average molecular weight is 263 g/mol. The van der Waals surface area contributed by atoms with Gasteiger partial charge in [-0.25, -0.2) is 0 Å². The minimum Gasteiger partial charge on any atom is -0.508 e. The first kappa shape index (κ1) is 12.7. The fourth-order valence-corrected chi connectivity index (χ4v) is 2.97. The molecule has 0 saturated carbocycles. The molecule has 1 aromatic carbocycles. The van der Waals surface area contributed by atoms with Crippen LogP contribution >= 0.6 is 0 Å². The molecule has 2 heterocycles. The van der Waals surface area contributed by atoms with E-state index in [0.717, 1.165) is 37.5 Å². The summed E-state index contributed by atoms with van der Waals surface area (Å²) in [4.78, 5) is 4.77. The van der Waals surface area contributed by atoms with Gasteiger partial charge in [-0.05, 0) is 13.1 Å². The molecule has 2 unspecified atom stereocenters. The van der Waals surface area contributed by atoms with E-state index in [-0.39, 0.29) is 17.8 Å². The highest BCUT2D eigenvalue weighted by Crippen LogP contribution is 2.37. The van der Waals surface area contributed by atoms with Gasteiger partial charge in [0.2, 0.25) is 0 Å². The molecule has 0 aromatic heterocycles. The zero-order valence-corrected chi connectivity index (χ0v) is 11.2. The van der Waals surface area contributed by atoms with E-state index in [1.165, 1.54) is 0 Å². The smallest absolute Gasteiger partial charge is 0.127 e. The Morgan fingerprint density at radius 1 is 1.26 bits per heavy atom. The molecule has 2 aliphatic rings. The number of phenolic OH excluding ortho intramolecular Hbond substituents is 1. The van der Waals surface area contributed by atoms with Crippen molar-refractivity contribution in [3.8, 4) is 11.5 Å². The number of likely N-dealkylation sites (N-methyl/N-ethyl adjacent to an activating group) is 1. The van der Waals surface area contributed by atoms with E-state index in [2.05, 4.69) is 16.8 Å². The Morgan fingerprint density at radius 3 is 2.74 bits per heavy atom. The highest BCUT2D eigenvalue weighted by atomic mass is 16.5. The SMILES string of the molecule is CN1CCN(C2c3ccc(O)cc3OCC2N)CC1. The number of nitrogens with zero attached hydrogens (tertiary/aromatic N) is 2. The first-order valence-corrected chi connectivity index (χ1v) is 6.79. The highest BCUT2D eigenvalue weighted by Gasteiger charge is 2.34. The van der Waals surface area contributed by atoms with Gasteiger partial charge in [-0.3, -0.25) is 4.90 Å². The second kappa shape index (κ2) is 5.00. The van der Waals surface area contributed by atoms with Gasteiger partial charge in [0.05, 0.1) is 12.1 Å². The summed E-state index contributed by atoms with van der Waals surface area (Å²) >= 11 is 0. The van der Waals surface area contributed by atoms with Gasteiger partial charge in [-0.15, -0.1) is 0 Å². The fourth-order valence-electron chi connectivity index (χ4n) is 2.97. The average Bonchev–Trinajstić information content (AvgIpc) is 2.40. The van der Waals surface area contributed by atoms with Crippen LogP contribution < -0.4 is 10.5 Å². The lowest BCUT2D eigenvalue weighted by molar-refractivity contribution is 0.0723. The molecule has 19 heavy (non-hydrogen) atoms.